The topological polar surface area (TPSA) is 50.8 Å². The summed E-state index contributed by atoms with van der Waals surface area (Å²) >= 11 is 0. The van der Waals surface area contributed by atoms with Gasteiger partial charge in [0.05, 0.1) is 14.2 Å². The number of methoxy groups -OCH3 is 2. The van der Waals surface area contributed by atoms with Crippen molar-refractivity contribution in [2.45, 2.75) is 39.2 Å². The number of benzene rings is 1. The number of rotatable bonds is 6. The molecule has 0 aromatic heterocycles. The molecule has 2 rings (SSSR count). The molecule has 1 unspecified atom stereocenters. The summed E-state index contributed by atoms with van der Waals surface area (Å²) < 4.78 is 10.8. The van der Waals surface area contributed by atoms with E-state index in [1.807, 2.05) is 30.9 Å². The largest absolute Gasteiger partial charge is 0.493 e. The molecule has 0 radical (unpaired) electrons. The molecule has 0 saturated carbocycles. The number of amides is 1. The first-order valence-electron chi connectivity index (χ1n) is 8.27. The molecule has 1 amide bonds. The second-order valence-corrected chi connectivity index (χ2v) is 6.12. The highest BCUT2D eigenvalue weighted by Gasteiger charge is 2.36. The highest BCUT2D eigenvalue weighted by atomic mass is 16.5. The van der Waals surface area contributed by atoms with Crippen LogP contribution in [0.5, 0.6) is 11.5 Å². The first-order chi connectivity index (χ1) is 11.0. The van der Waals surface area contributed by atoms with Crippen LogP contribution in [0, 0.1) is 0 Å². The fraction of sp³-hybridized carbons (Fsp3) is 0.611. The third-order valence-electron chi connectivity index (χ3n) is 4.73. The van der Waals surface area contributed by atoms with E-state index in [4.69, 9.17) is 9.47 Å². The number of hydrogen-bond acceptors (Lipinski definition) is 4. The van der Waals surface area contributed by atoms with Crippen LogP contribution in [0.3, 0.4) is 0 Å². The fourth-order valence-corrected chi connectivity index (χ4v) is 3.36. The van der Waals surface area contributed by atoms with Gasteiger partial charge >= 0.3 is 0 Å². The molecule has 0 bridgehead atoms. The first kappa shape index (κ1) is 17.6. The zero-order valence-corrected chi connectivity index (χ0v) is 14.9. The molecule has 1 aromatic rings. The molecule has 1 atom stereocenters. The number of carbonyl (C=O) groups is 1. The smallest absolute Gasteiger partial charge is 0.224 e. The van der Waals surface area contributed by atoms with E-state index in [9.17, 15) is 4.79 Å². The predicted molar refractivity (Wildman–Crippen MR) is 91.1 cm³/mol. The number of ether oxygens (including phenoxy) is 2. The van der Waals surface area contributed by atoms with Gasteiger partial charge in [-0.05, 0) is 50.5 Å². The third kappa shape index (κ3) is 3.44. The van der Waals surface area contributed by atoms with Crippen molar-refractivity contribution in [1.29, 1.82) is 0 Å². The molecular formula is C18H28N2O3. The Bertz CT molecular complexity index is 570. The minimum atomic E-state index is -0.382. The van der Waals surface area contributed by atoms with E-state index in [1.165, 1.54) is 5.56 Å². The molecule has 5 heteroatoms. The second kappa shape index (κ2) is 7.21. The van der Waals surface area contributed by atoms with Gasteiger partial charge in [0.2, 0.25) is 5.91 Å². The lowest BCUT2D eigenvalue weighted by molar-refractivity contribution is -0.132. The molecule has 1 aromatic carbocycles. The van der Waals surface area contributed by atoms with Crippen LogP contribution < -0.4 is 14.8 Å². The standard InChI is InChI=1S/C18H28N2O3/c1-6-20(7-2)17(21)12-18(3)14-11-16(23-5)15(22-4)10-13(14)8-9-19-18/h10-11,19H,6-9,12H2,1-5H3. The Morgan fingerprint density at radius 1 is 1.22 bits per heavy atom. The van der Waals surface area contributed by atoms with Gasteiger partial charge in [0, 0.05) is 31.6 Å². The number of carbonyl (C=O) groups excluding carboxylic acids is 1. The Hall–Kier alpha value is -1.75. The Balaban J connectivity index is 2.37. The Labute approximate surface area is 139 Å². The monoisotopic (exact) mass is 320 g/mol. The molecule has 5 nitrogen and oxygen atoms in total. The Morgan fingerprint density at radius 2 is 1.83 bits per heavy atom. The normalized spacial score (nSPS) is 19.9. The van der Waals surface area contributed by atoms with Crippen molar-refractivity contribution in [3.8, 4) is 11.5 Å². The zero-order valence-electron chi connectivity index (χ0n) is 14.9. The number of hydrogen-bond donors (Lipinski definition) is 1. The van der Waals surface area contributed by atoms with Crippen LogP contribution in [0.15, 0.2) is 12.1 Å². The summed E-state index contributed by atoms with van der Waals surface area (Å²) in [4.78, 5) is 14.5. The van der Waals surface area contributed by atoms with Crippen LogP contribution in [-0.4, -0.2) is 44.7 Å². The average molecular weight is 320 g/mol. The van der Waals surface area contributed by atoms with Gasteiger partial charge in [0.15, 0.2) is 11.5 Å². The molecule has 0 saturated heterocycles. The van der Waals surface area contributed by atoms with Crippen molar-refractivity contribution >= 4 is 5.91 Å². The van der Waals surface area contributed by atoms with Crippen LogP contribution in [0.1, 0.15) is 38.3 Å². The van der Waals surface area contributed by atoms with Crippen molar-refractivity contribution < 1.29 is 14.3 Å². The van der Waals surface area contributed by atoms with Crippen LogP contribution in [-0.2, 0) is 16.8 Å². The molecule has 1 heterocycles. The highest BCUT2D eigenvalue weighted by molar-refractivity contribution is 5.78. The summed E-state index contributed by atoms with van der Waals surface area (Å²) in [5.74, 6) is 1.62. The van der Waals surface area contributed by atoms with E-state index in [-0.39, 0.29) is 11.4 Å². The van der Waals surface area contributed by atoms with Crippen LogP contribution in [0.25, 0.3) is 0 Å². The average Bonchev–Trinajstić information content (AvgIpc) is 2.55. The van der Waals surface area contributed by atoms with E-state index >= 15 is 0 Å². The van der Waals surface area contributed by atoms with E-state index in [2.05, 4.69) is 12.2 Å². The zero-order chi connectivity index (χ0) is 17.0. The summed E-state index contributed by atoms with van der Waals surface area (Å²) in [7, 11) is 3.29. The van der Waals surface area contributed by atoms with Crippen molar-refractivity contribution in [2.24, 2.45) is 0 Å². The van der Waals surface area contributed by atoms with Gasteiger partial charge < -0.3 is 19.7 Å². The maximum Gasteiger partial charge on any atom is 0.224 e. The van der Waals surface area contributed by atoms with Crippen molar-refractivity contribution in [3.63, 3.8) is 0 Å². The summed E-state index contributed by atoms with van der Waals surface area (Å²) in [6, 6.07) is 4.05. The number of nitrogens with one attached hydrogen (secondary N) is 1. The summed E-state index contributed by atoms with van der Waals surface area (Å²) in [6.45, 7) is 8.46. The highest BCUT2D eigenvalue weighted by Crippen LogP contribution is 2.39. The van der Waals surface area contributed by atoms with E-state index in [1.54, 1.807) is 14.2 Å². The number of fused-ring (bicyclic) bond motifs is 1. The maximum absolute atomic E-state index is 12.6. The van der Waals surface area contributed by atoms with Gasteiger partial charge in [-0.3, -0.25) is 4.79 Å². The minimum Gasteiger partial charge on any atom is -0.493 e. The van der Waals surface area contributed by atoms with Gasteiger partial charge in [-0.15, -0.1) is 0 Å². The Kier molecular flexibility index (Phi) is 5.52. The summed E-state index contributed by atoms with van der Waals surface area (Å²) in [5, 5.41) is 3.53. The van der Waals surface area contributed by atoms with E-state index in [0.29, 0.717) is 12.2 Å². The van der Waals surface area contributed by atoms with Gasteiger partial charge in [-0.2, -0.15) is 0 Å². The molecule has 1 aliphatic heterocycles. The predicted octanol–water partition coefficient (Wildman–Crippen LogP) is 2.32. The minimum absolute atomic E-state index is 0.174. The maximum atomic E-state index is 12.6. The molecule has 0 spiro atoms. The number of nitrogens with zero attached hydrogens (tertiary/aromatic N) is 1. The molecule has 23 heavy (non-hydrogen) atoms. The molecule has 128 valence electrons. The van der Waals surface area contributed by atoms with Crippen molar-refractivity contribution in [3.05, 3.63) is 23.3 Å². The first-order valence-corrected chi connectivity index (χ1v) is 8.27. The second-order valence-electron chi connectivity index (χ2n) is 6.12. The Morgan fingerprint density at radius 3 is 2.39 bits per heavy atom. The third-order valence-corrected chi connectivity index (χ3v) is 4.73. The van der Waals surface area contributed by atoms with E-state index < -0.39 is 0 Å². The quantitative estimate of drug-likeness (QED) is 0.874. The van der Waals surface area contributed by atoms with Gasteiger partial charge in [0.1, 0.15) is 0 Å². The molecule has 0 fully saturated rings. The summed E-state index contributed by atoms with van der Waals surface area (Å²) in [6.07, 6.45) is 1.36. The van der Waals surface area contributed by atoms with Gasteiger partial charge in [0.25, 0.3) is 0 Å². The van der Waals surface area contributed by atoms with Crippen LogP contribution in [0.2, 0.25) is 0 Å². The van der Waals surface area contributed by atoms with E-state index in [0.717, 1.165) is 37.4 Å². The molecular weight excluding hydrogens is 292 g/mol. The lowest BCUT2D eigenvalue weighted by Gasteiger charge is -2.38. The fourth-order valence-electron chi connectivity index (χ4n) is 3.36. The SMILES string of the molecule is CCN(CC)C(=O)CC1(C)NCCc2cc(OC)c(OC)cc21. The van der Waals surface area contributed by atoms with Crippen molar-refractivity contribution in [2.75, 3.05) is 33.9 Å². The van der Waals surface area contributed by atoms with Gasteiger partial charge in [-0.1, -0.05) is 0 Å². The summed E-state index contributed by atoms with van der Waals surface area (Å²) in [5.41, 5.74) is 1.96. The lowest BCUT2D eigenvalue weighted by atomic mass is 9.80. The molecule has 1 aliphatic rings. The van der Waals surface area contributed by atoms with Gasteiger partial charge in [-0.25, -0.2) is 0 Å². The van der Waals surface area contributed by atoms with Crippen LogP contribution in [0.4, 0.5) is 0 Å². The lowest BCUT2D eigenvalue weighted by Crippen LogP contribution is -2.48. The molecule has 0 aliphatic carbocycles. The van der Waals surface area contributed by atoms with Crippen molar-refractivity contribution in [1.82, 2.24) is 10.2 Å². The van der Waals surface area contributed by atoms with Crippen LogP contribution >= 0.6 is 0 Å². The molecule has 1 N–H and O–H groups in total.